The topological polar surface area (TPSA) is 80.4 Å². The normalized spacial score (nSPS) is 18.0. The Bertz CT molecular complexity index is 589. The number of hydrogen-bond acceptors (Lipinski definition) is 5. The van der Waals surface area contributed by atoms with Crippen LogP contribution in [0.5, 0.6) is 0 Å². The Hall–Kier alpha value is -2.12. The number of ether oxygens (including phenoxy) is 1. The van der Waals surface area contributed by atoms with E-state index in [0.717, 1.165) is 18.7 Å². The number of oxime groups is 1. The van der Waals surface area contributed by atoms with E-state index >= 15 is 0 Å². The summed E-state index contributed by atoms with van der Waals surface area (Å²) in [6.07, 6.45) is 0. The second-order valence-electron chi connectivity index (χ2n) is 6.91. The predicted octanol–water partition coefficient (Wildman–Crippen LogP) is 1.04. The van der Waals surface area contributed by atoms with E-state index in [1.807, 2.05) is 44.2 Å². The smallest absolute Gasteiger partial charge is 0.263 e. The van der Waals surface area contributed by atoms with Gasteiger partial charge in [-0.25, -0.2) is 0 Å². The zero-order valence-electron chi connectivity index (χ0n) is 15.3. The first kappa shape index (κ1) is 19.2. The maximum Gasteiger partial charge on any atom is 0.263 e. The predicted molar refractivity (Wildman–Crippen MR) is 97.0 cm³/mol. The third kappa shape index (κ3) is 6.72. The molecular weight excluding hydrogens is 320 g/mol. The van der Waals surface area contributed by atoms with Gasteiger partial charge in [-0.2, -0.15) is 0 Å². The van der Waals surface area contributed by atoms with Crippen LogP contribution in [0.4, 0.5) is 0 Å². The molecule has 1 aromatic carbocycles. The molecule has 0 spiro atoms. The summed E-state index contributed by atoms with van der Waals surface area (Å²) in [5.41, 5.74) is 6.78. The largest absolute Gasteiger partial charge is 0.384 e. The van der Waals surface area contributed by atoms with Gasteiger partial charge in [-0.15, -0.1) is 0 Å². The van der Waals surface area contributed by atoms with Gasteiger partial charge in [0.05, 0.1) is 18.8 Å². The molecule has 1 fully saturated rings. The maximum atomic E-state index is 12.1. The van der Waals surface area contributed by atoms with Crippen LogP contribution in [0, 0.1) is 0 Å². The van der Waals surface area contributed by atoms with Crippen molar-refractivity contribution in [3.63, 3.8) is 0 Å². The van der Waals surface area contributed by atoms with Crippen LogP contribution < -0.4 is 5.73 Å². The van der Waals surface area contributed by atoms with Crippen molar-refractivity contribution in [2.24, 2.45) is 10.9 Å². The first-order chi connectivity index (χ1) is 11.9. The molecule has 1 aliphatic heterocycles. The molecule has 0 aliphatic carbocycles. The second kappa shape index (κ2) is 8.82. The van der Waals surface area contributed by atoms with Crippen LogP contribution >= 0.6 is 0 Å². The van der Waals surface area contributed by atoms with Crippen molar-refractivity contribution in [3.05, 3.63) is 35.9 Å². The summed E-state index contributed by atoms with van der Waals surface area (Å²) in [7, 11) is 1.74. The van der Waals surface area contributed by atoms with Gasteiger partial charge in [0.1, 0.15) is 0 Å². The van der Waals surface area contributed by atoms with Gasteiger partial charge in [0.2, 0.25) is 0 Å². The SMILES string of the molecule is CN(Cc1ccccc1)C(=O)CO/N=C(\N)CN1CCOC(C)(C)C1. The highest BCUT2D eigenvalue weighted by Crippen LogP contribution is 2.15. The van der Waals surface area contributed by atoms with Crippen LogP contribution in [0.25, 0.3) is 0 Å². The molecule has 1 aliphatic rings. The molecule has 25 heavy (non-hydrogen) atoms. The molecule has 0 atom stereocenters. The first-order valence-electron chi connectivity index (χ1n) is 8.44. The number of morpholine rings is 1. The summed E-state index contributed by atoms with van der Waals surface area (Å²) in [5, 5.41) is 3.86. The van der Waals surface area contributed by atoms with Crippen molar-refractivity contribution in [3.8, 4) is 0 Å². The maximum absolute atomic E-state index is 12.1. The molecule has 0 unspecified atom stereocenters. The fraction of sp³-hybridized carbons (Fsp3) is 0.556. The van der Waals surface area contributed by atoms with E-state index in [1.165, 1.54) is 0 Å². The van der Waals surface area contributed by atoms with Crippen molar-refractivity contribution in [2.45, 2.75) is 26.0 Å². The van der Waals surface area contributed by atoms with Gasteiger partial charge in [0.15, 0.2) is 12.4 Å². The molecule has 138 valence electrons. The van der Waals surface area contributed by atoms with Gasteiger partial charge in [-0.1, -0.05) is 35.5 Å². The van der Waals surface area contributed by atoms with Crippen LogP contribution in [0.3, 0.4) is 0 Å². The molecule has 0 bridgehead atoms. The van der Waals surface area contributed by atoms with Gasteiger partial charge in [-0.05, 0) is 19.4 Å². The molecule has 0 radical (unpaired) electrons. The minimum atomic E-state index is -0.185. The number of carbonyl (C=O) groups excluding carboxylic acids is 1. The summed E-state index contributed by atoms with van der Waals surface area (Å²) in [6, 6.07) is 9.79. The van der Waals surface area contributed by atoms with Crippen LogP contribution in [0.15, 0.2) is 35.5 Å². The Labute approximate surface area is 149 Å². The summed E-state index contributed by atoms with van der Waals surface area (Å²) in [5.74, 6) is 0.212. The van der Waals surface area contributed by atoms with Gasteiger partial charge >= 0.3 is 0 Å². The molecular formula is C18H28N4O3. The average molecular weight is 348 g/mol. The monoisotopic (exact) mass is 348 g/mol. The Morgan fingerprint density at radius 2 is 2.12 bits per heavy atom. The molecule has 2 N–H and O–H groups in total. The van der Waals surface area contributed by atoms with E-state index in [-0.39, 0.29) is 18.1 Å². The van der Waals surface area contributed by atoms with E-state index < -0.39 is 0 Å². The van der Waals surface area contributed by atoms with E-state index in [2.05, 4.69) is 10.1 Å². The summed E-state index contributed by atoms with van der Waals surface area (Å²) in [4.78, 5) is 21.0. The quantitative estimate of drug-likeness (QED) is 0.452. The summed E-state index contributed by atoms with van der Waals surface area (Å²) >= 11 is 0. The van der Waals surface area contributed by atoms with Crippen LogP contribution in [-0.4, -0.2) is 67.0 Å². The van der Waals surface area contributed by atoms with Crippen molar-refractivity contribution in [1.29, 1.82) is 0 Å². The Balaban J connectivity index is 1.72. The minimum Gasteiger partial charge on any atom is -0.384 e. The van der Waals surface area contributed by atoms with Crippen LogP contribution in [0.2, 0.25) is 0 Å². The van der Waals surface area contributed by atoms with E-state index in [1.54, 1.807) is 11.9 Å². The highest BCUT2D eigenvalue weighted by atomic mass is 16.6. The molecule has 1 saturated heterocycles. The lowest BCUT2D eigenvalue weighted by atomic mass is 10.1. The van der Waals surface area contributed by atoms with Crippen molar-refractivity contribution in [1.82, 2.24) is 9.80 Å². The second-order valence-corrected chi connectivity index (χ2v) is 6.91. The fourth-order valence-electron chi connectivity index (χ4n) is 2.73. The standard InChI is InChI=1S/C18H28N4O3/c1-18(2)14-22(9-10-24-18)12-16(19)20-25-13-17(23)21(3)11-15-7-5-4-6-8-15/h4-8H,9-14H2,1-3H3,(H2,19,20). The zero-order valence-corrected chi connectivity index (χ0v) is 15.3. The summed E-state index contributed by atoms with van der Waals surface area (Å²) < 4.78 is 5.66. The van der Waals surface area contributed by atoms with E-state index in [0.29, 0.717) is 25.5 Å². The number of rotatable bonds is 7. The van der Waals surface area contributed by atoms with E-state index in [4.69, 9.17) is 15.3 Å². The number of nitrogens with zero attached hydrogens (tertiary/aromatic N) is 3. The Kier molecular flexibility index (Phi) is 6.78. The lowest BCUT2D eigenvalue weighted by molar-refractivity contribution is -0.135. The molecule has 7 heteroatoms. The minimum absolute atomic E-state index is 0.126. The van der Waals surface area contributed by atoms with E-state index in [9.17, 15) is 4.79 Å². The molecule has 2 rings (SSSR count). The first-order valence-corrected chi connectivity index (χ1v) is 8.44. The molecule has 0 aromatic heterocycles. The number of carbonyl (C=O) groups is 1. The number of hydrogen-bond donors (Lipinski definition) is 1. The Morgan fingerprint density at radius 3 is 2.80 bits per heavy atom. The van der Waals surface area contributed by atoms with Gasteiger partial charge in [0, 0.05) is 26.7 Å². The third-order valence-corrected chi connectivity index (χ3v) is 3.95. The molecule has 0 saturated carbocycles. The number of likely N-dealkylation sites (N-methyl/N-ethyl adjacent to an activating group) is 1. The highest BCUT2D eigenvalue weighted by Gasteiger charge is 2.27. The summed E-state index contributed by atoms with van der Waals surface area (Å²) in [6.45, 7) is 7.25. The van der Waals surface area contributed by atoms with Crippen molar-refractivity contribution < 1.29 is 14.4 Å². The highest BCUT2D eigenvalue weighted by molar-refractivity contribution is 5.82. The number of amidine groups is 1. The van der Waals surface area contributed by atoms with Gasteiger partial charge < -0.3 is 20.2 Å². The fourth-order valence-corrected chi connectivity index (χ4v) is 2.73. The van der Waals surface area contributed by atoms with Crippen LogP contribution in [-0.2, 0) is 20.9 Å². The lowest BCUT2D eigenvalue weighted by Gasteiger charge is -2.37. The Morgan fingerprint density at radius 1 is 1.40 bits per heavy atom. The molecule has 7 nitrogen and oxygen atoms in total. The number of amides is 1. The van der Waals surface area contributed by atoms with Gasteiger partial charge in [0.25, 0.3) is 5.91 Å². The lowest BCUT2D eigenvalue weighted by Crippen LogP contribution is -2.50. The average Bonchev–Trinajstić information content (AvgIpc) is 2.54. The van der Waals surface area contributed by atoms with Gasteiger partial charge in [-0.3, -0.25) is 9.69 Å². The molecule has 1 heterocycles. The third-order valence-electron chi connectivity index (χ3n) is 3.95. The zero-order chi connectivity index (χ0) is 18.3. The number of benzene rings is 1. The van der Waals surface area contributed by atoms with Crippen molar-refractivity contribution >= 4 is 11.7 Å². The molecule has 1 aromatic rings. The van der Waals surface area contributed by atoms with Crippen molar-refractivity contribution in [2.75, 3.05) is 39.9 Å². The molecule has 1 amide bonds. The van der Waals surface area contributed by atoms with Crippen LogP contribution in [0.1, 0.15) is 19.4 Å². The number of nitrogens with two attached hydrogens (primary N) is 1.